The molecule has 8 nitrogen and oxygen atoms in total. The normalized spacial score (nSPS) is 10.1. The second kappa shape index (κ2) is 8.14. The van der Waals surface area contributed by atoms with Crippen LogP contribution >= 0.6 is 0 Å². The van der Waals surface area contributed by atoms with Gasteiger partial charge in [-0.1, -0.05) is 0 Å². The van der Waals surface area contributed by atoms with Crippen molar-refractivity contribution in [2.75, 3.05) is 26.6 Å². The van der Waals surface area contributed by atoms with Crippen molar-refractivity contribution in [3.63, 3.8) is 0 Å². The van der Waals surface area contributed by atoms with Crippen molar-refractivity contribution in [2.24, 2.45) is 0 Å². The number of hydrogen-bond acceptors (Lipinski definition) is 7. The van der Waals surface area contributed by atoms with Crippen molar-refractivity contribution in [3.05, 3.63) is 58.4 Å². The molecule has 0 radical (unpaired) electrons. The second-order valence-corrected chi connectivity index (χ2v) is 5.67. The highest BCUT2D eigenvalue weighted by molar-refractivity contribution is 5.69. The van der Waals surface area contributed by atoms with E-state index in [2.05, 4.69) is 15.3 Å². The lowest BCUT2D eigenvalue weighted by atomic mass is 10.1. The van der Waals surface area contributed by atoms with Crippen molar-refractivity contribution in [2.45, 2.75) is 0 Å². The zero-order valence-corrected chi connectivity index (χ0v) is 15.6. The van der Waals surface area contributed by atoms with E-state index in [1.54, 1.807) is 56.7 Å². The van der Waals surface area contributed by atoms with Crippen molar-refractivity contribution in [3.8, 4) is 34.6 Å². The van der Waals surface area contributed by atoms with Crippen LogP contribution < -0.4 is 25.1 Å². The van der Waals surface area contributed by atoms with Crippen LogP contribution in [0.4, 0.5) is 11.6 Å². The highest BCUT2D eigenvalue weighted by atomic mass is 16.5. The van der Waals surface area contributed by atoms with Crippen LogP contribution in [-0.4, -0.2) is 31.3 Å². The molecule has 0 saturated carbocycles. The number of nitrogens with one attached hydrogen (secondary N) is 2. The minimum Gasteiger partial charge on any atom is -0.497 e. The molecule has 8 heteroatoms. The molecular formula is C20H18N4O4. The summed E-state index contributed by atoms with van der Waals surface area (Å²) in [5, 5.41) is 12.4. The highest BCUT2D eigenvalue weighted by Crippen LogP contribution is 2.31. The van der Waals surface area contributed by atoms with Crippen LogP contribution in [0.1, 0.15) is 5.56 Å². The molecule has 0 unspecified atom stereocenters. The van der Waals surface area contributed by atoms with Gasteiger partial charge >= 0.3 is 0 Å². The van der Waals surface area contributed by atoms with Gasteiger partial charge in [0.1, 0.15) is 17.4 Å². The van der Waals surface area contributed by atoms with Crippen molar-refractivity contribution >= 4 is 11.6 Å². The Balaban J connectivity index is 2.02. The fraction of sp³-hybridized carbons (Fsp3) is 0.150. The summed E-state index contributed by atoms with van der Waals surface area (Å²) in [6.07, 6.45) is 0. The number of ether oxygens (including phenoxy) is 3. The Bertz CT molecular complexity index is 1080. The summed E-state index contributed by atoms with van der Waals surface area (Å²) in [6, 6.07) is 14.1. The Morgan fingerprint density at radius 3 is 2.32 bits per heavy atom. The van der Waals surface area contributed by atoms with Gasteiger partial charge in [-0.05, 0) is 36.4 Å². The van der Waals surface area contributed by atoms with Crippen LogP contribution in [0.3, 0.4) is 0 Å². The van der Waals surface area contributed by atoms with Gasteiger partial charge < -0.3 is 19.5 Å². The Morgan fingerprint density at radius 1 is 1.00 bits per heavy atom. The monoisotopic (exact) mass is 378 g/mol. The lowest BCUT2D eigenvalue weighted by molar-refractivity contribution is 0.355. The molecule has 0 spiro atoms. The SMILES string of the molecule is COc1ccc(-c2nc(Nc3ccc(OC)c(OC)c3)[nH]c(=O)c2C#N)cc1. The van der Waals surface area contributed by atoms with E-state index in [9.17, 15) is 10.1 Å². The number of nitrogens with zero attached hydrogens (tertiary/aromatic N) is 2. The summed E-state index contributed by atoms with van der Waals surface area (Å²) in [5.74, 6) is 1.96. The standard InChI is InChI=1S/C20H18N4O4/c1-26-14-7-4-12(5-8-14)18-15(11-21)19(25)24-20(23-18)22-13-6-9-16(27-2)17(10-13)28-3/h4-10H,1-3H3,(H2,22,23,24,25). The number of hydrogen-bond donors (Lipinski definition) is 2. The predicted molar refractivity (Wildman–Crippen MR) is 104 cm³/mol. The third kappa shape index (κ3) is 3.73. The molecular weight excluding hydrogens is 360 g/mol. The van der Waals surface area contributed by atoms with Gasteiger partial charge in [0, 0.05) is 17.3 Å². The minimum atomic E-state index is -0.536. The van der Waals surface area contributed by atoms with Crippen LogP contribution in [0.15, 0.2) is 47.3 Å². The maximum Gasteiger partial charge on any atom is 0.270 e. The predicted octanol–water partition coefficient (Wildman–Crippen LogP) is 3.08. The van der Waals surface area contributed by atoms with E-state index in [1.807, 2.05) is 6.07 Å². The lowest BCUT2D eigenvalue weighted by Gasteiger charge is -2.12. The van der Waals surface area contributed by atoms with E-state index in [4.69, 9.17) is 14.2 Å². The van der Waals surface area contributed by atoms with Crippen molar-refractivity contribution in [1.29, 1.82) is 5.26 Å². The first-order valence-electron chi connectivity index (χ1n) is 8.27. The van der Waals surface area contributed by atoms with E-state index in [-0.39, 0.29) is 17.2 Å². The van der Waals surface area contributed by atoms with Gasteiger partial charge in [0.25, 0.3) is 5.56 Å². The fourth-order valence-corrected chi connectivity index (χ4v) is 2.64. The molecule has 0 amide bonds. The minimum absolute atomic E-state index is 0.0666. The van der Waals surface area contributed by atoms with E-state index in [0.29, 0.717) is 28.5 Å². The maximum atomic E-state index is 12.4. The maximum absolute atomic E-state index is 12.4. The van der Waals surface area contributed by atoms with E-state index < -0.39 is 5.56 Å². The summed E-state index contributed by atoms with van der Waals surface area (Å²) < 4.78 is 15.6. The topological polar surface area (TPSA) is 109 Å². The van der Waals surface area contributed by atoms with E-state index in [1.165, 1.54) is 7.11 Å². The molecule has 3 rings (SSSR count). The Kier molecular flexibility index (Phi) is 5.46. The van der Waals surface area contributed by atoms with E-state index >= 15 is 0 Å². The molecule has 0 aliphatic rings. The average molecular weight is 378 g/mol. The first-order valence-corrected chi connectivity index (χ1v) is 8.27. The number of nitriles is 1. The highest BCUT2D eigenvalue weighted by Gasteiger charge is 2.14. The number of rotatable bonds is 6. The zero-order valence-electron chi connectivity index (χ0n) is 15.6. The van der Waals surface area contributed by atoms with Gasteiger partial charge in [0.05, 0.1) is 27.0 Å². The first kappa shape index (κ1) is 18.8. The molecule has 0 aliphatic heterocycles. The fourth-order valence-electron chi connectivity index (χ4n) is 2.64. The van der Waals surface area contributed by atoms with Crippen LogP contribution in [0.2, 0.25) is 0 Å². The Labute approximate surface area is 161 Å². The number of aromatic nitrogens is 2. The quantitative estimate of drug-likeness (QED) is 0.678. The lowest BCUT2D eigenvalue weighted by Crippen LogP contribution is -2.16. The van der Waals surface area contributed by atoms with Crippen LogP contribution in [-0.2, 0) is 0 Å². The number of benzene rings is 2. The molecule has 28 heavy (non-hydrogen) atoms. The molecule has 2 N–H and O–H groups in total. The largest absolute Gasteiger partial charge is 0.497 e. The van der Waals surface area contributed by atoms with Crippen molar-refractivity contribution < 1.29 is 14.2 Å². The molecule has 2 aromatic carbocycles. The smallest absolute Gasteiger partial charge is 0.270 e. The summed E-state index contributed by atoms with van der Waals surface area (Å²) >= 11 is 0. The number of methoxy groups -OCH3 is 3. The zero-order chi connectivity index (χ0) is 20.1. The summed E-state index contributed by atoms with van der Waals surface area (Å²) in [5.41, 5.74) is 0.927. The summed E-state index contributed by atoms with van der Waals surface area (Å²) in [4.78, 5) is 19.4. The molecule has 1 heterocycles. The Morgan fingerprint density at radius 2 is 1.71 bits per heavy atom. The molecule has 0 saturated heterocycles. The molecule has 142 valence electrons. The second-order valence-electron chi connectivity index (χ2n) is 5.67. The first-order chi connectivity index (χ1) is 13.6. The molecule has 0 aliphatic carbocycles. The van der Waals surface area contributed by atoms with Crippen LogP contribution in [0.5, 0.6) is 17.2 Å². The number of H-pyrrole nitrogens is 1. The van der Waals surface area contributed by atoms with Crippen LogP contribution in [0, 0.1) is 11.3 Å². The number of aromatic amines is 1. The molecule has 0 bridgehead atoms. The number of anilines is 2. The van der Waals surface area contributed by atoms with Gasteiger partial charge in [0.15, 0.2) is 11.5 Å². The third-order valence-electron chi connectivity index (χ3n) is 4.04. The van der Waals surface area contributed by atoms with Gasteiger partial charge in [-0.3, -0.25) is 9.78 Å². The van der Waals surface area contributed by atoms with Crippen molar-refractivity contribution in [1.82, 2.24) is 9.97 Å². The summed E-state index contributed by atoms with van der Waals surface area (Å²) in [7, 11) is 4.64. The Hall–Kier alpha value is -3.99. The van der Waals surface area contributed by atoms with Crippen LogP contribution in [0.25, 0.3) is 11.3 Å². The van der Waals surface area contributed by atoms with E-state index in [0.717, 1.165) is 0 Å². The van der Waals surface area contributed by atoms with Gasteiger partial charge in [-0.25, -0.2) is 4.98 Å². The van der Waals surface area contributed by atoms with Gasteiger partial charge in [0.2, 0.25) is 5.95 Å². The molecule has 1 aromatic heterocycles. The average Bonchev–Trinajstić information content (AvgIpc) is 2.73. The van der Waals surface area contributed by atoms with Gasteiger partial charge in [-0.15, -0.1) is 0 Å². The third-order valence-corrected chi connectivity index (χ3v) is 4.04. The summed E-state index contributed by atoms with van der Waals surface area (Å²) in [6.45, 7) is 0. The molecule has 0 fully saturated rings. The molecule has 3 aromatic rings. The van der Waals surface area contributed by atoms with Gasteiger partial charge in [-0.2, -0.15) is 5.26 Å². The molecule has 0 atom stereocenters.